The molecule has 5 heteroatoms. The van der Waals surface area contributed by atoms with E-state index in [2.05, 4.69) is 15.5 Å². The molecular weight excluding hydrogens is 126 g/mol. The second-order valence-corrected chi connectivity index (χ2v) is 2.47. The molecule has 0 spiro atoms. The molecule has 1 aliphatic heterocycles. The molecule has 0 saturated heterocycles. The largest absolute Gasteiger partial charge is 0.609 e. The number of hydrogen-bond donors (Lipinski definition) is 0. The number of nitrogens with zero attached hydrogens (tertiary/aromatic N) is 3. The Morgan fingerprint density at radius 3 is 2.75 bits per heavy atom. The van der Waals surface area contributed by atoms with E-state index in [1.165, 1.54) is 12.6 Å². The van der Waals surface area contributed by atoms with Gasteiger partial charge < -0.3 is 4.55 Å². The van der Waals surface area contributed by atoms with Crippen LogP contribution in [0.4, 0.5) is 0 Å². The van der Waals surface area contributed by atoms with Gasteiger partial charge in [-0.2, -0.15) is 4.99 Å². The quantitative estimate of drug-likeness (QED) is 0.399. The molecule has 0 N–H and O–H groups in total. The van der Waals surface area contributed by atoms with Crippen LogP contribution in [0.3, 0.4) is 0 Å². The van der Waals surface area contributed by atoms with Gasteiger partial charge in [0.05, 0.1) is 0 Å². The maximum atomic E-state index is 10.5. The molecule has 1 atom stereocenters. The van der Waals surface area contributed by atoms with E-state index in [1.54, 1.807) is 0 Å². The molecule has 1 unspecified atom stereocenters. The van der Waals surface area contributed by atoms with Gasteiger partial charge in [0.1, 0.15) is 12.6 Å². The van der Waals surface area contributed by atoms with Crippen molar-refractivity contribution >= 4 is 22.7 Å². The van der Waals surface area contributed by atoms with Gasteiger partial charge in [-0.05, 0) is 0 Å². The molecule has 0 fully saturated rings. The van der Waals surface area contributed by atoms with Crippen LogP contribution in [-0.2, 0) is 11.2 Å². The minimum atomic E-state index is -1.08. The summed E-state index contributed by atoms with van der Waals surface area (Å²) >= 11 is -1.08. The molecule has 4 nitrogen and oxygen atoms in total. The normalized spacial score (nSPS) is 20.0. The van der Waals surface area contributed by atoms with Crippen molar-refractivity contribution in [3.8, 4) is 0 Å². The van der Waals surface area contributed by atoms with Gasteiger partial charge >= 0.3 is 5.17 Å². The Hall–Kier alpha value is -0.550. The highest BCUT2D eigenvalue weighted by Crippen LogP contribution is 1.93. The fraction of sp³-hybridized carbons (Fsp3) is 0.333. The van der Waals surface area contributed by atoms with Crippen molar-refractivity contribution in [1.82, 2.24) is 5.43 Å². The van der Waals surface area contributed by atoms with Crippen LogP contribution in [0.5, 0.6) is 0 Å². The first kappa shape index (κ1) is 5.58. The Morgan fingerprint density at radius 1 is 1.75 bits per heavy atom. The van der Waals surface area contributed by atoms with E-state index in [4.69, 9.17) is 0 Å². The lowest BCUT2D eigenvalue weighted by molar-refractivity contribution is 0.611. The van der Waals surface area contributed by atoms with Gasteiger partial charge in [-0.15, -0.1) is 5.43 Å². The Bertz CT molecular complexity index is 141. The zero-order chi connectivity index (χ0) is 5.98. The van der Waals surface area contributed by atoms with Crippen LogP contribution in [0.25, 0.3) is 0 Å². The molecular formula is C3H4N3OS. The van der Waals surface area contributed by atoms with Crippen LogP contribution < -0.4 is 5.43 Å². The summed E-state index contributed by atoms with van der Waals surface area (Å²) in [6, 6.07) is 0. The summed E-state index contributed by atoms with van der Waals surface area (Å²) in [5, 5.41) is 3.75. The number of hydrogen-bond acceptors (Lipinski definition) is 3. The highest BCUT2D eigenvalue weighted by molar-refractivity contribution is 8.05. The third kappa shape index (κ3) is 0.988. The zero-order valence-electron chi connectivity index (χ0n) is 4.24. The van der Waals surface area contributed by atoms with Crippen molar-refractivity contribution in [2.24, 2.45) is 10.1 Å². The molecule has 1 aliphatic rings. The first-order valence-electron chi connectivity index (χ1n) is 1.94. The van der Waals surface area contributed by atoms with Gasteiger partial charge in [0.2, 0.25) is 0 Å². The summed E-state index contributed by atoms with van der Waals surface area (Å²) in [7, 11) is 0. The molecule has 0 saturated carbocycles. The molecule has 1 radical (unpaired) electrons. The Morgan fingerprint density at radius 2 is 2.50 bits per heavy atom. The smallest absolute Gasteiger partial charge is 0.362 e. The number of rotatable bonds is 0. The van der Waals surface area contributed by atoms with Gasteiger partial charge in [0.25, 0.3) is 0 Å². The molecule has 8 heavy (non-hydrogen) atoms. The summed E-state index contributed by atoms with van der Waals surface area (Å²) in [6.07, 6.45) is 2.79. The van der Waals surface area contributed by atoms with Gasteiger partial charge in [-0.3, -0.25) is 0 Å². The highest BCUT2D eigenvalue weighted by Gasteiger charge is 2.11. The van der Waals surface area contributed by atoms with E-state index < -0.39 is 11.2 Å². The second kappa shape index (κ2) is 2.15. The average molecular weight is 130 g/mol. The van der Waals surface area contributed by atoms with E-state index in [9.17, 15) is 4.55 Å². The Labute approximate surface area is 49.9 Å². The molecule has 0 amide bonds. The van der Waals surface area contributed by atoms with Crippen molar-refractivity contribution in [3.63, 3.8) is 0 Å². The van der Waals surface area contributed by atoms with Crippen molar-refractivity contribution in [1.29, 1.82) is 0 Å². The van der Waals surface area contributed by atoms with Crippen LogP contribution in [0.2, 0.25) is 0 Å². The third-order valence-corrected chi connectivity index (χ3v) is 1.32. The lowest BCUT2D eigenvalue weighted by Gasteiger charge is -1.95. The van der Waals surface area contributed by atoms with Gasteiger partial charge in [0, 0.05) is 11.2 Å². The minimum absolute atomic E-state index is 0.296. The SMILES string of the molecule is C[S+]([O-])C1=N[N]C=N1. The maximum Gasteiger partial charge on any atom is 0.362 e. The van der Waals surface area contributed by atoms with E-state index in [0.717, 1.165) is 0 Å². The highest BCUT2D eigenvalue weighted by atomic mass is 32.2. The average Bonchev–Trinajstić information content (AvgIpc) is 2.12. The number of amidine groups is 1. The molecule has 0 aromatic heterocycles. The van der Waals surface area contributed by atoms with E-state index in [-0.39, 0.29) is 0 Å². The number of aliphatic imine (C=N–C) groups is 1. The van der Waals surface area contributed by atoms with Crippen molar-refractivity contribution in [2.75, 3.05) is 6.26 Å². The summed E-state index contributed by atoms with van der Waals surface area (Å²) < 4.78 is 10.5. The van der Waals surface area contributed by atoms with Crippen molar-refractivity contribution in [2.45, 2.75) is 0 Å². The molecule has 0 aliphatic carbocycles. The first-order valence-corrected chi connectivity index (χ1v) is 3.50. The van der Waals surface area contributed by atoms with Gasteiger partial charge in [-0.1, -0.05) is 5.10 Å². The van der Waals surface area contributed by atoms with Crippen LogP contribution in [0, 0.1) is 0 Å². The topological polar surface area (TPSA) is 61.9 Å². The Kier molecular flexibility index (Phi) is 1.50. The van der Waals surface area contributed by atoms with Gasteiger partial charge in [0.15, 0.2) is 0 Å². The third-order valence-electron chi connectivity index (χ3n) is 0.620. The van der Waals surface area contributed by atoms with Crippen LogP contribution in [0.15, 0.2) is 10.1 Å². The lowest BCUT2D eigenvalue weighted by Crippen LogP contribution is -2.07. The minimum Gasteiger partial charge on any atom is -0.609 e. The van der Waals surface area contributed by atoms with Crippen LogP contribution >= 0.6 is 0 Å². The molecule has 0 bridgehead atoms. The predicted octanol–water partition coefficient (Wildman–Crippen LogP) is -0.718. The zero-order valence-corrected chi connectivity index (χ0v) is 5.05. The lowest BCUT2D eigenvalue weighted by atomic mass is 11.3. The summed E-state index contributed by atoms with van der Waals surface area (Å²) in [6.45, 7) is 0. The molecule has 0 aromatic carbocycles. The van der Waals surface area contributed by atoms with Crippen LogP contribution in [-0.4, -0.2) is 22.3 Å². The standard InChI is InChI=1S/C3H4N3OS/c1-8(7)3-4-2-5-6-3/h2H,1H3. The van der Waals surface area contributed by atoms with Crippen molar-refractivity contribution < 1.29 is 4.55 Å². The second-order valence-electron chi connectivity index (χ2n) is 1.20. The summed E-state index contributed by atoms with van der Waals surface area (Å²) in [5.74, 6) is 0. The van der Waals surface area contributed by atoms with E-state index in [0.29, 0.717) is 5.17 Å². The molecule has 0 aromatic rings. The fourth-order valence-electron chi connectivity index (χ4n) is 0.308. The van der Waals surface area contributed by atoms with E-state index >= 15 is 0 Å². The molecule has 1 heterocycles. The molecule has 1 rings (SSSR count). The summed E-state index contributed by atoms with van der Waals surface area (Å²) in [4.78, 5) is 3.59. The van der Waals surface area contributed by atoms with Gasteiger partial charge in [-0.25, -0.2) is 0 Å². The fourth-order valence-corrected chi connectivity index (χ4v) is 0.666. The molecule has 43 valence electrons. The predicted molar refractivity (Wildman–Crippen MR) is 32.1 cm³/mol. The monoisotopic (exact) mass is 130 g/mol. The first-order chi connectivity index (χ1) is 3.80. The van der Waals surface area contributed by atoms with Crippen molar-refractivity contribution in [3.05, 3.63) is 0 Å². The summed E-state index contributed by atoms with van der Waals surface area (Å²) in [5.41, 5.74) is 3.39. The Balaban J connectivity index is 2.58. The maximum absolute atomic E-state index is 10.5. The van der Waals surface area contributed by atoms with Crippen LogP contribution in [0.1, 0.15) is 0 Å². The van der Waals surface area contributed by atoms with E-state index in [1.807, 2.05) is 0 Å².